The summed E-state index contributed by atoms with van der Waals surface area (Å²) >= 11 is 3.20. The molecule has 0 saturated carbocycles. The maximum atomic E-state index is 12.0. The van der Waals surface area contributed by atoms with Crippen LogP contribution in [-0.4, -0.2) is 17.0 Å². The predicted octanol–water partition coefficient (Wildman–Crippen LogP) is 4.15. The molecule has 0 aliphatic carbocycles. The average Bonchev–Trinajstić information content (AvgIpc) is 3.26. The zero-order valence-electron chi connectivity index (χ0n) is 12.2. The van der Waals surface area contributed by atoms with Gasteiger partial charge in [-0.15, -0.1) is 22.7 Å². The lowest BCUT2D eigenvalue weighted by atomic mass is 10.2. The van der Waals surface area contributed by atoms with Crippen LogP contribution in [0.4, 0.5) is 5.69 Å². The number of carbonyl (C=O) groups is 1. The fourth-order valence-corrected chi connectivity index (χ4v) is 3.73. The molecule has 0 radical (unpaired) electrons. The monoisotopic (exact) mass is 357 g/mol. The van der Waals surface area contributed by atoms with Crippen molar-refractivity contribution in [2.75, 3.05) is 0 Å². The number of hydrogen-bond donors (Lipinski definition) is 1. The Morgan fingerprint density at radius 2 is 1.96 bits per heavy atom. The van der Waals surface area contributed by atoms with Gasteiger partial charge in [0.1, 0.15) is 5.56 Å². The van der Waals surface area contributed by atoms with Gasteiger partial charge in [-0.3, -0.25) is 14.9 Å². The molecule has 24 heavy (non-hydrogen) atoms. The summed E-state index contributed by atoms with van der Waals surface area (Å²) in [4.78, 5) is 25.5. The fraction of sp³-hybridized carbons (Fsp3) is 0. The van der Waals surface area contributed by atoms with Crippen LogP contribution in [0.25, 0.3) is 9.75 Å². The molecule has 2 heterocycles. The molecule has 0 aliphatic heterocycles. The highest BCUT2D eigenvalue weighted by Gasteiger charge is 2.18. The summed E-state index contributed by atoms with van der Waals surface area (Å²) in [5.41, 5.74) is 2.05. The molecule has 0 bridgehead atoms. The Morgan fingerprint density at radius 1 is 1.12 bits per heavy atom. The van der Waals surface area contributed by atoms with E-state index in [2.05, 4.69) is 10.5 Å². The number of carbonyl (C=O) groups excluding carboxylic acids is 1. The lowest BCUT2D eigenvalue weighted by Crippen LogP contribution is -2.18. The zero-order valence-corrected chi connectivity index (χ0v) is 13.8. The van der Waals surface area contributed by atoms with Crippen molar-refractivity contribution in [1.82, 2.24) is 5.43 Å². The molecular formula is C16H11N3O3S2. The SMILES string of the molecule is O=C(NN=Cc1ccc(-c2cccs2)s1)c1ccccc1[N+](=O)[O-]. The maximum Gasteiger partial charge on any atom is 0.282 e. The predicted molar refractivity (Wildman–Crippen MR) is 95.8 cm³/mol. The van der Waals surface area contributed by atoms with Crippen LogP contribution in [0.3, 0.4) is 0 Å². The smallest absolute Gasteiger partial charge is 0.267 e. The first-order chi connectivity index (χ1) is 11.6. The first-order valence-corrected chi connectivity index (χ1v) is 8.55. The highest BCUT2D eigenvalue weighted by Crippen LogP contribution is 2.30. The lowest BCUT2D eigenvalue weighted by Gasteiger charge is -2.00. The summed E-state index contributed by atoms with van der Waals surface area (Å²) in [6, 6.07) is 13.7. The normalized spacial score (nSPS) is 10.8. The van der Waals surface area contributed by atoms with Gasteiger partial charge in [0.05, 0.1) is 11.1 Å². The first-order valence-electron chi connectivity index (χ1n) is 6.85. The summed E-state index contributed by atoms with van der Waals surface area (Å²) in [5, 5.41) is 16.8. The van der Waals surface area contributed by atoms with E-state index >= 15 is 0 Å². The number of thiophene rings is 2. The van der Waals surface area contributed by atoms with Gasteiger partial charge in [0.2, 0.25) is 0 Å². The van der Waals surface area contributed by atoms with Crippen molar-refractivity contribution in [2.24, 2.45) is 5.10 Å². The largest absolute Gasteiger partial charge is 0.282 e. The van der Waals surface area contributed by atoms with E-state index in [1.807, 2.05) is 29.6 Å². The van der Waals surface area contributed by atoms with E-state index in [0.29, 0.717) is 0 Å². The van der Waals surface area contributed by atoms with Gasteiger partial charge in [0.15, 0.2) is 0 Å². The molecule has 3 rings (SSSR count). The number of para-hydroxylation sites is 1. The summed E-state index contributed by atoms with van der Waals surface area (Å²) in [6.07, 6.45) is 1.52. The molecule has 2 aromatic heterocycles. The minimum absolute atomic E-state index is 0.0231. The van der Waals surface area contributed by atoms with E-state index in [9.17, 15) is 14.9 Å². The molecule has 0 spiro atoms. The van der Waals surface area contributed by atoms with Crippen molar-refractivity contribution >= 4 is 40.5 Å². The average molecular weight is 357 g/mol. The summed E-state index contributed by atoms with van der Waals surface area (Å²) < 4.78 is 0. The van der Waals surface area contributed by atoms with Crippen LogP contribution in [0.15, 0.2) is 59.0 Å². The number of nitrogens with one attached hydrogen (secondary N) is 1. The van der Waals surface area contributed by atoms with Gasteiger partial charge >= 0.3 is 0 Å². The van der Waals surface area contributed by atoms with Crippen molar-refractivity contribution in [2.45, 2.75) is 0 Å². The van der Waals surface area contributed by atoms with Crippen LogP contribution >= 0.6 is 22.7 Å². The second-order valence-electron chi connectivity index (χ2n) is 4.65. The minimum atomic E-state index is -0.617. The molecule has 0 atom stereocenters. The van der Waals surface area contributed by atoms with Crippen LogP contribution in [-0.2, 0) is 0 Å². The highest BCUT2D eigenvalue weighted by atomic mass is 32.1. The zero-order chi connectivity index (χ0) is 16.9. The Balaban J connectivity index is 1.69. The summed E-state index contributed by atoms with van der Waals surface area (Å²) in [7, 11) is 0. The summed E-state index contributed by atoms with van der Waals surface area (Å²) in [6.45, 7) is 0. The Morgan fingerprint density at radius 3 is 2.71 bits per heavy atom. The number of nitro groups is 1. The molecule has 0 unspecified atom stereocenters. The Hall–Kier alpha value is -2.84. The van der Waals surface area contributed by atoms with Crippen molar-refractivity contribution in [1.29, 1.82) is 0 Å². The Bertz CT molecular complexity index is 901. The molecule has 0 saturated heterocycles. The second kappa shape index (κ2) is 7.16. The summed E-state index contributed by atoms with van der Waals surface area (Å²) in [5.74, 6) is -0.617. The number of rotatable bonds is 5. The van der Waals surface area contributed by atoms with Gasteiger partial charge in [-0.1, -0.05) is 18.2 Å². The van der Waals surface area contributed by atoms with Gasteiger partial charge in [0.25, 0.3) is 11.6 Å². The Labute approximate surface area is 145 Å². The minimum Gasteiger partial charge on any atom is -0.267 e. The van der Waals surface area contributed by atoms with E-state index in [0.717, 1.165) is 9.75 Å². The third kappa shape index (κ3) is 3.55. The molecule has 120 valence electrons. The van der Waals surface area contributed by atoms with Crippen molar-refractivity contribution in [3.05, 3.63) is 74.5 Å². The van der Waals surface area contributed by atoms with Gasteiger partial charge in [0, 0.05) is 20.7 Å². The molecule has 0 fully saturated rings. The standard InChI is InChI=1S/C16H11N3O3S2/c20-16(12-4-1-2-5-13(12)19(21)22)18-17-10-11-7-8-15(24-11)14-6-3-9-23-14/h1-10H,(H,18,20). The van der Waals surface area contributed by atoms with Crippen molar-refractivity contribution in [3.8, 4) is 9.75 Å². The molecular weight excluding hydrogens is 346 g/mol. The first kappa shape index (κ1) is 16.0. The number of nitrogens with zero attached hydrogens (tertiary/aromatic N) is 2. The maximum absolute atomic E-state index is 12.0. The van der Waals surface area contributed by atoms with Crippen molar-refractivity contribution in [3.63, 3.8) is 0 Å². The molecule has 8 heteroatoms. The van der Waals surface area contributed by atoms with E-state index in [1.165, 1.54) is 29.3 Å². The van der Waals surface area contributed by atoms with Gasteiger partial charge < -0.3 is 0 Å². The molecule has 0 aliphatic rings. The van der Waals surface area contributed by atoms with Gasteiger partial charge in [-0.25, -0.2) is 5.43 Å². The second-order valence-corrected chi connectivity index (χ2v) is 6.72. The lowest BCUT2D eigenvalue weighted by molar-refractivity contribution is -0.385. The van der Waals surface area contributed by atoms with E-state index in [-0.39, 0.29) is 11.3 Å². The van der Waals surface area contributed by atoms with E-state index in [1.54, 1.807) is 28.7 Å². The highest BCUT2D eigenvalue weighted by molar-refractivity contribution is 7.22. The Kier molecular flexibility index (Phi) is 4.78. The molecule has 1 amide bonds. The fourth-order valence-electron chi connectivity index (χ4n) is 2.01. The van der Waals surface area contributed by atoms with Gasteiger partial charge in [-0.05, 0) is 29.6 Å². The van der Waals surface area contributed by atoms with Gasteiger partial charge in [-0.2, -0.15) is 5.10 Å². The van der Waals surface area contributed by atoms with Crippen molar-refractivity contribution < 1.29 is 9.72 Å². The van der Waals surface area contributed by atoms with E-state index < -0.39 is 10.8 Å². The quantitative estimate of drug-likeness (QED) is 0.423. The van der Waals surface area contributed by atoms with Crippen LogP contribution in [0.1, 0.15) is 15.2 Å². The molecule has 6 nitrogen and oxygen atoms in total. The van der Waals surface area contributed by atoms with Crippen LogP contribution in [0.2, 0.25) is 0 Å². The number of hydrogen-bond acceptors (Lipinski definition) is 6. The topological polar surface area (TPSA) is 84.6 Å². The molecule has 3 aromatic rings. The molecule has 1 aromatic carbocycles. The van der Waals surface area contributed by atoms with Crippen LogP contribution in [0.5, 0.6) is 0 Å². The van der Waals surface area contributed by atoms with Crippen LogP contribution < -0.4 is 5.43 Å². The van der Waals surface area contributed by atoms with E-state index in [4.69, 9.17) is 0 Å². The number of hydrazone groups is 1. The van der Waals surface area contributed by atoms with Crippen LogP contribution in [0, 0.1) is 10.1 Å². The third-order valence-corrected chi connectivity index (χ3v) is 5.18. The number of nitro benzene ring substituents is 1. The number of benzene rings is 1. The third-order valence-electron chi connectivity index (χ3n) is 3.09. The number of amides is 1. The molecule has 1 N–H and O–H groups in total.